The number of nitrogens with one attached hydrogen (secondary N) is 1. The van der Waals surface area contributed by atoms with Crippen LogP contribution < -0.4 is 10.9 Å². The maximum Gasteiger partial charge on any atom is 0.272 e. The molecule has 0 saturated heterocycles. The molecule has 2 atom stereocenters. The van der Waals surface area contributed by atoms with Gasteiger partial charge in [0.1, 0.15) is 4.70 Å². The number of hydrogen-bond donors (Lipinski definition) is 1. The van der Waals surface area contributed by atoms with Crippen LogP contribution in [0.5, 0.6) is 0 Å². The van der Waals surface area contributed by atoms with Gasteiger partial charge in [0.15, 0.2) is 5.16 Å². The number of rotatable bonds is 7. The van der Waals surface area contributed by atoms with Crippen LogP contribution in [0.25, 0.3) is 10.2 Å². The molecule has 1 N–H and O–H groups in total. The first-order valence-electron chi connectivity index (χ1n) is 7.93. The van der Waals surface area contributed by atoms with Gasteiger partial charge >= 0.3 is 0 Å². The Kier molecular flexibility index (Phi) is 6.24. The summed E-state index contributed by atoms with van der Waals surface area (Å²) in [6.45, 7) is 8.42. The molecule has 2 heterocycles. The third kappa shape index (κ3) is 4.14. The summed E-state index contributed by atoms with van der Waals surface area (Å²) in [6, 6.07) is 2.01. The number of hydrogen-bond acceptors (Lipinski definition) is 5. The fourth-order valence-corrected chi connectivity index (χ4v) is 4.13. The van der Waals surface area contributed by atoms with Gasteiger partial charge in [-0.1, -0.05) is 25.1 Å². The van der Waals surface area contributed by atoms with E-state index < -0.39 is 0 Å². The fourth-order valence-electron chi connectivity index (χ4n) is 2.37. The van der Waals surface area contributed by atoms with Crippen molar-refractivity contribution in [3.8, 4) is 0 Å². The van der Waals surface area contributed by atoms with E-state index in [9.17, 15) is 9.59 Å². The molecule has 126 valence electrons. The van der Waals surface area contributed by atoms with Crippen molar-refractivity contribution in [2.45, 2.75) is 63.5 Å². The Labute approximate surface area is 144 Å². The number of thiophene rings is 1. The highest BCUT2D eigenvalue weighted by Gasteiger charge is 2.20. The van der Waals surface area contributed by atoms with E-state index in [1.165, 1.54) is 23.1 Å². The molecule has 0 aliphatic heterocycles. The molecular weight excluding hydrogens is 330 g/mol. The summed E-state index contributed by atoms with van der Waals surface area (Å²) >= 11 is 2.75. The zero-order valence-corrected chi connectivity index (χ0v) is 15.6. The van der Waals surface area contributed by atoms with E-state index in [0.29, 0.717) is 21.9 Å². The SMILES string of the molecule is CCCC(C)NC(=O)C(C)Sc1nc2ccsc2c(=O)n1CC. The highest BCUT2D eigenvalue weighted by molar-refractivity contribution is 8.00. The molecule has 0 aliphatic carbocycles. The molecule has 1 amide bonds. The average Bonchev–Trinajstić information content (AvgIpc) is 2.96. The number of aromatic nitrogens is 2. The quantitative estimate of drug-likeness (QED) is 0.613. The van der Waals surface area contributed by atoms with Gasteiger partial charge < -0.3 is 5.32 Å². The second-order valence-corrected chi connectivity index (χ2v) is 7.76. The summed E-state index contributed by atoms with van der Waals surface area (Å²) in [5, 5.41) is 5.19. The lowest BCUT2D eigenvalue weighted by Crippen LogP contribution is -2.37. The van der Waals surface area contributed by atoms with Gasteiger partial charge in [-0.3, -0.25) is 14.2 Å². The molecule has 0 bridgehead atoms. The largest absolute Gasteiger partial charge is 0.353 e. The zero-order valence-electron chi connectivity index (χ0n) is 14.0. The molecule has 0 spiro atoms. The van der Waals surface area contributed by atoms with Crippen molar-refractivity contribution >= 4 is 39.2 Å². The van der Waals surface area contributed by atoms with Crippen molar-refractivity contribution in [2.24, 2.45) is 0 Å². The predicted octanol–water partition coefficient (Wildman–Crippen LogP) is 3.26. The first kappa shape index (κ1) is 18.0. The average molecular weight is 354 g/mol. The smallest absolute Gasteiger partial charge is 0.272 e. The van der Waals surface area contributed by atoms with Crippen LogP contribution in [-0.2, 0) is 11.3 Å². The summed E-state index contributed by atoms with van der Waals surface area (Å²) in [6.07, 6.45) is 2.00. The van der Waals surface area contributed by atoms with Gasteiger partial charge in [-0.05, 0) is 38.6 Å². The molecule has 0 fully saturated rings. The molecule has 0 aliphatic rings. The number of fused-ring (bicyclic) bond motifs is 1. The van der Waals surface area contributed by atoms with E-state index in [1.54, 1.807) is 4.57 Å². The molecule has 0 saturated carbocycles. The lowest BCUT2D eigenvalue weighted by atomic mass is 10.2. The van der Waals surface area contributed by atoms with Gasteiger partial charge in [0.25, 0.3) is 5.56 Å². The Hall–Kier alpha value is -1.34. The molecule has 2 rings (SSSR count). The Bertz CT molecular complexity index is 738. The molecule has 2 aromatic rings. The number of carbonyl (C=O) groups excluding carboxylic acids is 1. The van der Waals surface area contributed by atoms with Crippen molar-refractivity contribution in [3.63, 3.8) is 0 Å². The minimum Gasteiger partial charge on any atom is -0.353 e. The highest BCUT2D eigenvalue weighted by atomic mass is 32.2. The molecule has 7 heteroatoms. The van der Waals surface area contributed by atoms with E-state index >= 15 is 0 Å². The number of thioether (sulfide) groups is 1. The van der Waals surface area contributed by atoms with Crippen LogP contribution in [0.2, 0.25) is 0 Å². The van der Waals surface area contributed by atoms with E-state index in [4.69, 9.17) is 0 Å². The van der Waals surface area contributed by atoms with Crippen molar-refractivity contribution in [1.82, 2.24) is 14.9 Å². The van der Waals surface area contributed by atoms with Crippen LogP contribution >= 0.6 is 23.1 Å². The van der Waals surface area contributed by atoms with E-state index in [1.807, 2.05) is 32.2 Å². The summed E-state index contributed by atoms with van der Waals surface area (Å²) in [4.78, 5) is 29.3. The summed E-state index contributed by atoms with van der Waals surface area (Å²) < 4.78 is 2.31. The third-order valence-electron chi connectivity index (χ3n) is 3.61. The van der Waals surface area contributed by atoms with Crippen LogP contribution in [0.15, 0.2) is 21.4 Å². The Morgan fingerprint density at radius 3 is 2.83 bits per heavy atom. The lowest BCUT2D eigenvalue weighted by Gasteiger charge is -2.17. The summed E-state index contributed by atoms with van der Waals surface area (Å²) in [7, 11) is 0. The van der Waals surface area contributed by atoms with Crippen LogP contribution in [0, 0.1) is 0 Å². The van der Waals surface area contributed by atoms with Crippen molar-refractivity contribution in [1.29, 1.82) is 0 Å². The van der Waals surface area contributed by atoms with Gasteiger partial charge in [-0.25, -0.2) is 4.98 Å². The maximum atomic E-state index is 12.5. The fraction of sp³-hybridized carbons (Fsp3) is 0.562. The molecular formula is C16H23N3O2S2. The van der Waals surface area contributed by atoms with Crippen LogP contribution in [0.4, 0.5) is 0 Å². The number of carbonyl (C=O) groups is 1. The second-order valence-electron chi connectivity index (χ2n) is 5.54. The summed E-state index contributed by atoms with van der Waals surface area (Å²) in [5.74, 6) is -0.0155. The predicted molar refractivity (Wildman–Crippen MR) is 97.4 cm³/mol. The van der Waals surface area contributed by atoms with Gasteiger partial charge in [0.2, 0.25) is 5.91 Å². The summed E-state index contributed by atoms with van der Waals surface area (Å²) in [5.41, 5.74) is 0.682. The van der Waals surface area contributed by atoms with Gasteiger partial charge in [0, 0.05) is 12.6 Å². The minimum absolute atomic E-state index is 0.0155. The molecule has 0 aromatic carbocycles. The lowest BCUT2D eigenvalue weighted by molar-refractivity contribution is -0.120. The van der Waals surface area contributed by atoms with Crippen LogP contribution in [-0.4, -0.2) is 26.8 Å². The topological polar surface area (TPSA) is 64.0 Å². The first-order chi connectivity index (χ1) is 11.0. The Balaban J connectivity index is 2.20. The van der Waals surface area contributed by atoms with Crippen molar-refractivity contribution in [2.75, 3.05) is 0 Å². The minimum atomic E-state index is -0.296. The molecule has 2 unspecified atom stereocenters. The monoisotopic (exact) mass is 353 g/mol. The maximum absolute atomic E-state index is 12.5. The third-order valence-corrected chi connectivity index (χ3v) is 5.59. The molecule has 0 radical (unpaired) electrons. The van der Waals surface area contributed by atoms with E-state index in [2.05, 4.69) is 17.2 Å². The van der Waals surface area contributed by atoms with Crippen LogP contribution in [0.3, 0.4) is 0 Å². The zero-order chi connectivity index (χ0) is 17.0. The Morgan fingerprint density at radius 2 is 2.17 bits per heavy atom. The van der Waals surface area contributed by atoms with Crippen LogP contribution in [0.1, 0.15) is 40.5 Å². The molecule has 23 heavy (non-hydrogen) atoms. The van der Waals surface area contributed by atoms with Gasteiger partial charge in [-0.2, -0.15) is 0 Å². The standard InChI is InChI=1S/C16H23N3O2S2/c1-5-7-10(3)17-14(20)11(4)23-16-18-12-8-9-22-13(12)15(21)19(16)6-2/h8-11H,5-7H2,1-4H3,(H,17,20). The normalized spacial score (nSPS) is 13.9. The van der Waals surface area contributed by atoms with Crippen molar-refractivity contribution in [3.05, 3.63) is 21.8 Å². The number of amides is 1. The van der Waals surface area contributed by atoms with Gasteiger partial charge in [-0.15, -0.1) is 11.3 Å². The highest BCUT2D eigenvalue weighted by Crippen LogP contribution is 2.24. The molecule has 5 nitrogen and oxygen atoms in total. The Morgan fingerprint density at radius 1 is 1.43 bits per heavy atom. The molecule has 2 aromatic heterocycles. The van der Waals surface area contributed by atoms with Gasteiger partial charge in [0.05, 0.1) is 10.8 Å². The number of nitrogens with zero attached hydrogens (tertiary/aromatic N) is 2. The second kappa shape index (κ2) is 7.97. The van der Waals surface area contributed by atoms with E-state index in [0.717, 1.165) is 12.8 Å². The first-order valence-corrected chi connectivity index (χ1v) is 9.68. The van der Waals surface area contributed by atoms with Crippen molar-refractivity contribution < 1.29 is 4.79 Å². The van der Waals surface area contributed by atoms with E-state index in [-0.39, 0.29) is 22.8 Å².